The first kappa shape index (κ1) is 9.75. The maximum absolute atomic E-state index is 9.48. The summed E-state index contributed by atoms with van der Waals surface area (Å²) in [5.74, 6) is 0. The van der Waals surface area contributed by atoms with E-state index in [1.54, 1.807) is 0 Å². The first-order valence-corrected chi connectivity index (χ1v) is 6.46. The Morgan fingerprint density at radius 3 is 2.36 bits per heavy atom. The van der Waals surface area contributed by atoms with Gasteiger partial charge in [-0.05, 0) is 38.2 Å². The minimum absolute atomic E-state index is 0.0522. The Balaban J connectivity index is 2.52. The molecule has 0 aromatic rings. The van der Waals surface area contributed by atoms with Gasteiger partial charge in [0.05, 0.1) is 10.2 Å². The van der Waals surface area contributed by atoms with E-state index in [-0.39, 0.29) is 6.10 Å². The van der Waals surface area contributed by atoms with Crippen molar-refractivity contribution in [3.8, 4) is 0 Å². The molecule has 1 aliphatic rings. The first-order valence-electron chi connectivity index (χ1n) is 4.01. The van der Waals surface area contributed by atoms with Crippen molar-refractivity contribution in [3.63, 3.8) is 0 Å². The summed E-state index contributed by atoms with van der Waals surface area (Å²) in [5.41, 5.74) is 0. The molecule has 0 heterocycles. The van der Waals surface area contributed by atoms with Crippen LogP contribution in [0.3, 0.4) is 0 Å². The molecule has 1 saturated carbocycles. The number of rotatable bonds is 2. The van der Waals surface area contributed by atoms with Crippen LogP contribution in [0.15, 0.2) is 0 Å². The zero-order valence-corrected chi connectivity index (χ0v) is 8.80. The van der Waals surface area contributed by atoms with Crippen LogP contribution in [0.5, 0.6) is 0 Å². The van der Waals surface area contributed by atoms with Crippen molar-refractivity contribution in [2.75, 3.05) is 12.5 Å². The average molecular weight is 192 g/mol. The molecule has 0 amide bonds. The summed E-state index contributed by atoms with van der Waals surface area (Å²) in [6.07, 6.45) is 8.65. The van der Waals surface area contributed by atoms with Crippen LogP contribution in [-0.2, 0) is 0 Å². The molecule has 1 rings (SSSR count). The molecule has 1 unspecified atom stereocenters. The summed E-state index contributed by atoms with van der Waals surface area (Å²) >= 11 is 3.80. The maximum Gasteiger partial charge on any atom is 0.0630 e. The van der Waals surface area contributed by atoms with Crippen LogP contribution in [0.4, 0.5) is 0 Å². The monoisotopic (exact) mass is 192 g/mol. The van der Waals surface area contributed by atoms with Gasteiger partial charge >= 0.3 is 0 Å². The molecule has 0 bridgehead atoms. The second kappa shape index (κ2) is 4.06. The number of aliphatic hydroxyl groups excluding tert-OH is 1. The van der Waals surface area contributed by atoms with E-state index in [0.717, 1.165) is 12.8 Å². The molecule has 11 heavy (non-hydrogen) atoms. The van der Waals surface area contributed by atoms with E-state index < -0.39 is 0 Å². The van der Waals surface area contributed by atoms with Crippen LogP contribution in [0.1, 0.15) is 25.7 Å². The molecule has 0 aromatic carbocycles. The Morgan fingerprint density at radius 1 is 1.36 bits per heavy atom. The fraction of sp³-hybridized carbons (Fsp3) is 1.00. The van der Waals surface area contributed by atoms with E-state index in [1.807, 2.05) is 23.5 Å². The van der Waals surface area contributed by atoms with Gasteiger partial charge in [-0.25, -0.2) is 0 Å². The van der Waals surface area contributed by atoms with Gasteiger partial charge in [-0.15, -0.1) is 23.5 Å². The highest BCUT2D eigenvalue weighted by atomic mass is 32.2. The van der Waals surface area contributed by atoms with Crippen molar-refractivity contribution < 1.29 is 5.11 Å². The van der Waals surface area contributed by atoms with Crippen LogP contribution in [-0.4, -0.2) is 27.8 Å². The van der Waals surface area contributed by atoms with Gasteiger partial charge in [0.2, 0.25) is 0 Å². The summed E-state index contributed by atoms with van der Waals surface area (Å²) in [5, 5.41) is 9.48. The van der Waals surface area contributed by atoms with Crippen LogP contribution in [0.25, 0.3) is 0 Å². The normalized spacial score (nSPS) is 30.3. The number of hydrogen-bond donors (Lipinski definition) is 1. The number of aliphatic hydroxyl groups is 1. The number of thioether (sulfide) groups is 2. The van der Waals surface area contributed by atoms with E-state index in [1.165, 1.54) is 12.8 Å². The molecule has 0 radical (unpaired) electrons. The smallest absolute Gasteiger partial charge is 0.0630 e. The standard InChI is InChI=1S/C8H16OS2/c1-10-8(11-2)5-3-4-7(9)6-8/h7,9H,3-6H2,1-2H3. The predicted octanol–water partition coefficient (Wildman–Crippen LogP) is 2.34. The molecule has 1 fully saturated rings. The zero-order valence-electron chi connectivity index (χ0n) is 7.17. The third-order valence-electron chi connectivity index (χ3n) is 2.39. The Labute approximate surface area is 77.3 Å². The van der Waals surface area contributed by atoms with E-state index in [4.69, 9.17) is 0 Å². The SMILES string of the molecule is CSC1(SC)CCCC(O)C1. The van der Waals surface area contributed by atoms with Crippen molar-refractivity contribution in [1.82, 2.24) is 0 Å². The molecule has 0 aromatic heterocycles. The molecule has 0 aliphatic heterocycles. The van der Waals surface area contributed by atoms with E-state index in [9.17, 15) is 5.11 Å². The summed E-state index contributed by atoms with van der Waals surface area (Å²) in [7, 11) is 0. The van der Waals surface area contributed by atoms with E-state index in [0.29, 0.717) is 4.08 Å². The van der Waals surface area contributed by atoms with Gasteiger partial charge in [0.25, 0.3) is 0 Å². The fourth-order valence-corrected chi connectivity index (χ4v) is 3.71. The second-order valence-corrected chi connectivity index (χ2v) is 5.71. The Bertz CT molecular complexity index is 123. The lowest BCUT2D eigenvalue weighted by atomic mass is 9.97. The molecular weight excluding hydrogens is 176 g/mol. The minimum Gasteiger partial charge on any atom is -0.393 e. The first-order chi connectivity index (χ1) is 5.22. The van der Waals surface area contributed by atoms with E-state index >= 15 is 0 Å². The molecule has 3 heteroatoms. The third kappa shape index (κ3) is 2.30. The molecule has 1 aliphatic carbocycles. The lowest BCUT2D eigenvalue weighted by molar-refractivity contribution is 0.128. The highest BCUT2D eigenvalue weighted by Crippen LogP contribution is 2.45. The van der Waals surface area contributed by atoms with Gasteiger partial charge in [-0.1, -0.05) is 0 Å². The molecule has 1 atom stereocenters. The predicted molar refractivity (Wildman–Crippen MR) is 54.2 cm³/mol. The topological polar surface area (TPSA) is 20.2 Å². The maximum atomic E-state index is 9.48. The fourth-order valence-electron chi connectivity index (χ4n) is 1.62. The zero-order chi connectivity index (χ0) is 8.32. The quantitative estimate of drug-likeness (QED) is 0.678. The Kier molecular flexibility index (Phi) is 3.59. The van der Waals surface area contributed by atoms with E-state index in [2.05, 4.69) is 12.5 Å². The Morgan fingerprint density at radius 2 is 2.00 bits per heavy atom. The van der Waals surface area contributed by atoms with Gasteiger partial charge in [-0.2, -0.15) is 0 Å². The van der Waals surface area contributed by atoms with Crippen molar-refractivity contribution >= 4 is 23.5 Å². The van der Waals surface area contributed by atoms with Crippen molar-refractivity contribution in [1.29, 1.82) is 0 Å². The average Bonchev–Trinajstić information content (AvgIpc) is 2.04. The molecule has 0 spiro atoms. The highest BCUT2D eigenvalue weighted by Gasteiger charge is 2.33. The van der Waals surface area contributed by atoms with Gasteiger partial charge in [0.1, 0.15) is 0 Å². The summed E-state index contributed by atoms with van der Waals surface area (Å²) in [6, 6.07) is 0. The van der Waals surface area contributed by atoms with Gasteiger partial charge < -0.3 is 5.11 Å². The third-order valence-corrected chi connectivity index (χ3v) is 5.62. The van der Waals surface area contributed by atoms with Gasteiger partial charge in [0.15, 0.2) is 0 Å². The summed E-state index contributed by atoms with van der Waals surface area (Å²) < 4.78 is 0.317. The molecule has 1 nitrogen and oxygen atoms in total. The lowest BCUT2D eigenvalue weighted by Gasteiger charge is -2.36. The van der Waals surface area contributed by atoms with Crippen LogP contribution in [0.2, 0.25) is 0 Å². The molecular formula is C8H16OS2. The molecule has 0 saturated heterocycles. The summed E-state index contributed by atoms with van der Waals surface area (Å²) in [4.78, 5) is 0. The van der Waals surface area contributed by atoms with Crippen LogP contribution in [0, 0.1) is 0 Å². The Hall–Kier alpha value is 0.660. The van der Waals surface area contributed by atoms with Crippen molar-refractivity contribution in [2.45, 2.75) is 35.9 Å². The van der Waals surface area contributed by atoms with Gasteiger partial charge in [0, 0.05) is 0 Å². The highest BCUT2D eigenvalue weighted by molar-refractivity contribution is 8.17. The van der Waals surface area contributed by atoms with Crippen LogP contribution >= 0.6 is 23.5 Å². The van der Waals surface area contributed by atoms with Crippen molar-refractivity contribution in [2.24, 2.45) is 0 Å². The molecule has 66 valence electrons. The summed E-state index contributed by atoms with van der Waals surface area (Å²) in [6.45, 7) is 0. The van der Waals surface area contributed by atoms with Gasteiger partial charge in [-0.3, -0.25) is 0 Å². The number of hydrogen-bond acceptors (Lipinski definition) is 3. The minimum atomic E-state index is -0.0522. The van der Waals surface area contributed by atoms with Crippen LogP contribution < -0.4 is 0 Å². The lowest BCUT2D eigenvalue weighted by Crippen LogP contribution is -2.31. The van der Waals surface area contributed by atoms with Crippen molar-refractivity contribution in [3.05, 3.63) is 0 Å². The molecule has 1 N–H and O–H groups in total. The largest absolute Gasteiger partial charge is 0.393 e. The second-order valence-electron chi connectivity index (χ2n) is 3.07.